The van der Waals surface area contributed by atoms with E-state index in [9.17, 15) is 47.9 Å². The average molecular weight is 1060 g/mol. The molecule has 24 nitrogen and oxygen atoms in total. The highest BCUT2D eigenvalue weighted by Crippen LogP contribution is 2.27. The van der Waals surface area contributed by atoms with E-state index < -0.39 is 133 Å². The zero-order valence-electron chi connectivity index (χ0n) is 41.8. The summed E-state index contributed by atoms with van der Waals surface area (Å²) in [5.74, 6) is -10.6. The van der Waals surface area contributed by atoms with Gasteiger partial charge in [-0.25, -0.2) is 19.6 Å². The lowest BCUT2D eigenvalue weighted by Gasteiger charge is -2.33. The summed E-state index contributed by atoms with van der Waals surface area (Å²) in [4.78, 5) is 160. The van der Waals surface area contributed by atoms with Gasteiger partial charge < -0.3 is 51.2 Å². The standard InChI is InChI=1S/C48H58N12O12S2/c1-23(2)37-47(69)71-19-33(55-39(61)31-17-49-27-13-9-11-15-29(27)53-31)41(63)51-26(6)46(68)60(8)36-22-74-73-21-35(43(65)57-37)59(7)45(67)25(5)52-42(64)34(20-72-48(70)38(24(3)4)58-44(36)66)56-40(62)32-18-50-28-14-10-12-16-30(28)54-32/h9-18,23-26,33-38H,19-22H2,1-8H3,(H,51,63)(H,52,64)(H,55,61)(H,56,62)(H,57,65)(H,58,66)/t25-,26-,33+,34+,35-,36-,37-,38-/m0/s1. The molecule has 2 aliphatic heterocycles. The molecule has 0 saturated carbocycles. The van der Waals surface area contributed by atoms with Crippen molar-refractivity contribution in [1.29, 1.82) is 0 Å². The molecule has 0 unspecified atom stereocenters. The number of nitrogens with zero attached hydrogens (tertiary/aromatic N) is 6. The molecule has 0 aliphatic carbocycles. The van der Waals surface area contributed by atoms with Crippen molar-refractivity contribution < 1.29 is 57.4 Å². The van der Waals surface area contributed by atoms with E-state index in [1.807, 2.05) is 0 Å². The van der Waals surface area contributed by atoms with Crippen LogP contribution in [0.5, 0.6) is 0 Å². The third kappa shape index (κ3) is 13.8. The van der Waals surface area contributed by atoms with Crippen molar-refractivity contribution in [2.24, 2.45) is 11.8 Å². The Morgan fingerprint density at radius 3 is 1.27 bits per heavy atom. The average Bonchev–Trinajstić information content (AvgIpc) is 3.38. The Kier molecular flexibility index (Phi) is 18.8. The number of hydrogen-bond donors (Lipinski definition) is 6. The molecule has 6 N–H and O–H groups in total. The van der Waals surface area contributed by atoms with E-state index in [-0.39, 0.29) is 22.9 Å². The van der Waals surface area contributed by atoms with Gasteiger partial charge in [-0.05, 0) is 49.9 Å². The molecule has 0 spiro atoms. The SMILES string of the molecule is CC(C)[C@@H]1NC(=O)[C@@H]2CSSC[C@@H](C(=O)N[C@@H](C(C)C)C(=O)OC[C@@H](NC(=O)c3cnc4ccccc4n3)C(=O)N[C@@H](C)C(=O)N2C)N(C)C(=O)[C@H](C)NC(=O)[C@H](NC(=O)c2cnc3ccccc3n2)COC1=O. The lowest BCUT2D eigenvalue weighted by Crippen LogP contribution is -2.60. The van der Waals surface area contributed by atoms with Crippen LogP contribution in [0.1, 0.15) is 62.5 Å². The van der Waals surface area contributed by atoms with Gasteiger partial charge in [-0.1, -0.05) is 73.5 Å². The number of aromatic nitrogens is 4. The van der Waals surface area contributed by atoms with E-state index in [0.29, 0.717) is 22.1 Å². The number of esters is 2. The van der Waals surface area contributed by atoms with Gasteiger partial charge in [0.1, 0.15) is 72.9 Å². The van der Waals surface area contributed by atoms with Crippen LogP contribution < -0.4 is 31.9 Å². The molecule has 6 rings (SSSR count). The molecule has 2 fully saturated rings. The largest absolute Gasteiger partial charge is 0.461 e. The quantitative estimate of drug-likeness (QED) is 0.109. The molecule has 2 bridgehead atoms. The summed E-state index contributed by atoms with van der Waals surface area (Å²) in [5, 5.41) is 15.4. The van der Waals surface area contributed by atoms with Crippen LogP contribution in [0.2, 0.25) is 0 Å². The smallest absolute Gasteiger partial charge is 0.328 e. The van der Waals surface area contributed by atoms with Crippen LogP contribution in [0.15, 0.2) is 60.9 Å². The molecule has 4 heterocycles. The summed E-state index contributed by atoms with van der Waals surface area (Å²) < 4.78 is 11.2. The minimum Gasteiger partial charge on any atom is -0.461 e. The van der Waals surface area contributed by atoms with E-state index in [1.165, 1.54) is 40.3 Å². The first-order valence-corrected chi connectivity index (χ1v) is 26.0. The van der Waals surface area contributed by atoms with Crippen LogP contribution in [-0.2, 0) is 47.8 Å². The Hall–Kier alpha value is -7.48. The molecule has 2 saturated heterocycles. The molecule has 26 heteroatoms. The number of nitrogens with one attached hydrogen (secondary N) is 6. The lowest BCUT2D eigenvalue weighted by molar-refractivity contribution is -0.153. The van der Waals surface area contributed by atoms with Crippen LogP contribution >= 0.6 is 21.6 Å². The van der Waals surface area contributed by atoms with Crippen LogP contribution in [0, 0.1) is 11.8 Å². The number of ether oxygens (including phenoxy) is 2. The molecule has 394 valence electrons. The minimum atomic E-state index is -1.65. The summed E-state index contributed by atoms with van der Waals surface area (Å²) in [7, 11) is 4.69. The normalized spacial score (nSPS) is 24.8. The van der Waals surface area contributed by atoms with Crippen LogP contribution in [-0.4, -0.2) is 176 Å². The predicted octanol–water partition coefficient (Wildman–Crippen LogP) is -0.0900. The molecule has 0 radical (unpaired) electrons. The number of cyclic esters (lactones) is 2. The van der Waals surface area contributed by atoms with E-state index in [2.05, 4.69) is 51.8 Å². The van der Waals surface area contributed by atoms with Crippen molar-refractivity contribution in [2.75, 3.05) is 38.8 Å². The van der Waals surface area contributed by atoms with Crippen LogP contribution in [0.3, 0.4) is 0 Å². The van der Waals surface area contributed by atoms with Crippen LogP contribution in [0.4, 0.5) is 0 Å². The van der Waals surface area contributed by atoms with Crippen molar-refractivity contribution in [3.05, 3.63) is 72.3 Å². The summed E-state index contributed by atoms with van der Waals surface area (Å²) in [6, 6.07) is 1.94. The molecule has 2 aliphatic rings. The maximum Gasteiger partial charge on any atom is 0.328 e. The van der Waals surface area contributed by atoms with E-state index in [4.69, 9.17) is 9.47 Å². The van der Waals surface area contributed by atoms with Crippen molar-refractivity contribution in [1.82, 2.24) is 61.6 Å². The first-order valence-electron chi connectivity index (χ1n) is 23.5. The maximum absolute atomic E-state index is 14.4. The monoisotopic (exact) mass is 1060 g/mol. The predicted molar refractivity (Wildman–Crippen MR) is 270 cm³/mol. The van der Waals surface area contributed by atoms with E-state index in [1.54, 1.807) is 76.2 Å². The number of hydrogen-bond acceptors (Lipinski definition) is 18. The second kappa shape index (κ2) is 25.0. The Labute approximate surface area is 433 Å². The summed E-state index contributed by atoms with van der Waals surface area (Å²) in [6.07, 6.45) is 2.39. The number of amides is 8. The second-order valence-corrected chi connectivity index (χ2v) is 20.8. The molecule has 4 aromatic rings. The highest BCUT2D eigenvalue weighted by atomic mass is 33.1. The fourth-order valence-electron chi connectivity index (χ4n) is 7.59. The van der Waals surface area contributed by atoms with E-state index in [0.717, 1.165) is 31.4 Å². The summed E-state index contributed by atoms with van der Waals surface area (Å²) in [6.45, 7) is 7.53. The van der Waals surface area contributed by atoms with Gasteiger partial charge in [0.15, 0.2) is 0 Å². The summed E-state index contributed by atoms with van der Waals surface area (Å²) >= 11 is 0. The van der Waals surface area contributed by atoms with Gasteiger partial charge in [-0.15, -0.1) is 0 Å². The number of fused-ring (bicyclic) bond motifs is 7. The third-order valence-corrected chi connectivity index (χ3v) is 14.4. The first kappa shape index (κ1) is 55.8. The van der Waals surface area contributed by atoms with Gasteiger partial charge in [0.05, 0.1) is 34.5 Å². The maximum atomic E-state index is 14.4. The van der Waals surface area contributed by atoms with Gasteiger partial charge in [-0.3, -0.25) is 48.3 Å². The van der Waals surface area contributed by atoms with Crippen molar-refractivity contribution >= 4 is 103 Å². The zero-order chi connectivity index (χ0) is 54.0. The molecule has 8 amide bonds. The number of para-hydroxylation sites is 4. The fraction of sp³-hybridized carbons (Fsp3) is 0.458. The molecule has 8 atom stereocenters. The topological polar surface area (TPSA) is 319 Å². The van der Waals surface area contributed by atoms with Gasteiger partial charge in [0, 0.05) is 25.6 Å². The highest BCUT2D eigenvalue weighted by molar-refractivity contribution is 8.76. The molecule has 2 aromatic heterocycles. The number of likely N-dealkylation sites (N-methyl/N-ethyl adjacent to an activating group) is 2. The van der Waals surface area contributed by atoms with E-state index >= 15 is 0 Å². The molecule has 74 heavy (non-hydrogen) atoms. The van der Waals surface area contributed by atoms with Crippen molar-refractivity contribution in [2.45, 2.75) is 89.9 Å². The lowest BCUT2D eigenvalue weighted by atomic mass is 10.0. The van der Waals surface area contributed by atoms with Gasteiger partial charge in [-0.2, -0.15) is 0 Å². The molecular formula is C48H58N12O12S2. The third-order valence-electron chi connectivity index (χ3n) is 12.1. The zero-order valence-corrected chi connectivity index (χ0v) is 43.4. The number of rotatable bonds is 6. The Bertz CT molecular complexity index is 2630. The highest BCUT2D eigenvalue weighted by Gasteiger charge is 2.39. The fourth-order valence-corrected chi connectivity index (χ4v) is 10.1. The molecular weight excluding hydrogens is 1000 g/mol. The van der Waals surface area contributed by atoms with Crippen LogP contribution in [0.25, 0.3) is 22.1 Å². The first-order chi connectivity index (χ1) is 35.1. The van der Waals surface area contributed by atoms with Crippen molar-refractivity contribution in [3.8, 4) is 0 Å². The Morgan fingerprint density at radius 2 is 0.919 bits per heavy atom. The Morgan fingerprint density at radius 1 is 0.568 bits per heavy atom. The summed E-state index contributed by atoms with van der Waals surface area (Å²) in [5.41, 5.74) is 1.37. The number of benzene rings is 2. The van der Waals surface area contributed by atoms with Gasteiger partial charge in [0.2, 0.25) is 35.4 Å². The Balaban J connectivity index is 1.35. The number of carbonyl (C=O) groups is 10. The second-order valence-electron chi connectivity index (χ2n) is 18.2. The number of carbonyl (C=O) groups excluding carboxylic acids is 10. The molecule has 2 aromatic carbocycles. The van der Waals surface area contributed by atoms with Crippen molar-refractivity contribution in [3.63, 3.8) is 0 Å². The van der Waals surface area contributed by atoms with Gasteiger partial charge >= 0.3 is 11.9 Å². The van der Waals surface area contributed by atoms with Gasteiger partial charge in [0.25, 0.3) is 11.8 Å². The minimum absolute atomic E-state index is 0.171.